The van der Waals surface area contributed by atoms with E-state index in [1.807, 2.05) is 19.2 Å². The molecule has 0 bridgehead atoms. The summed E-state index contributed by atoms with van der Waals surface area (Å²) in [6, 6.07) is 14.2. The average Bonchev–Trinajstić information content (AvgIpc) is 3.27. The van der Waals surface area contributed by atoms with Gasteiger partial charge in [0.1, 0.15) is 29.0 Å². The molecule has 2 aromatic carbocycles. The van der Waals surface area contributed by atoms with E-state index in [4.69, 9.17) is 9.47 Å². The molecule has 8 nitrogen and oxygen atoms in total. The molecule has 0 aliphatic carbocycles. The molecule has 5 rings (SSSR count). The van der Waals surface area contributed by atoms with Crippen molar-refractivity contribution in [3.63, 3.8) is 0 Å². The van der Waals surface area contributed by atoms with Crippen LogP contribution in [0.25, 0.3) is 11.3 Å². The first-order valence-corrected chi connectivity index (χ1v) is 13.5. The second-order valence-corrected chi connectivity index (χ2v) is 11.1. The molecule has 10 heteroatoms. The topological polar surface area (TPSA) is 79.8 Å². The first kappa shape index (κ1) is 28.8. The number of rotatable bonds is 8. The Bertz CT molecular complexity index is 1620. The normalized spacial score (nSPS) is 12.8. The lowest BCUT2D eigenvalue weighted by atomic mass is 10.1. The minimum atomic E-state index is -0.745. The van der Waals surface area contributed by atoms with Gasteiger partial charge in [0.25, 0.3) is 5.91 Å². The van der Waals surface area contributed by atoms with Crippen LogP contribution in [0.2, 0.25) is 0 Å². The van der Waals surface area contributed by atoms with E-state index < -0.39 is 11.6 Å². The van der Waals surface area contributed by atoms with Crippen LogP contribution in [0.4, 0.5) is 26.0 Å². The Labute approximate surface area is 243 Å². The molecule has 42 heavy (non-hydrogen) atoms. The van der Waals surface area contributed by atoms with Gasteiger partial charge in [-0.05, 0) is 63.2 Å². The summed E-state index contributed by atoms with van der Waals surface area (Å²) >= 11 is 0. The Hall–Kier alpha value is -4.73. The molecule has 4 aromatic rings. The third-order valence-electron chi connectivity index (χ3n) is 7.41. The third-order valence-corrected chi connectivity index (χ3v) is 7.41. The second-order valence-electron chi connectivity index (χ2n) is 11.1. The summed E-state index contributed by atoms with van der Waals surface area (Å²) in [5.41, 5.74) is 2.47. The number of nitrogens with one attached hydrogen (secondary N) is 1. The summed E-state index contributed by atoms with van der Waals surface area (Å²) in [6.45, 7) is 6.67. The van der Waals surface area contributed by atoms with Gasteiger partial charge in [-0.2, -0.15) is 0 Å². The molecule has 0 unspecified atom stereocenters. The van der Waals surface area contributed by atoms with Crippen LogP contribution < -0.4 is 19.7 Å². The van der Waals surface area contributed by atoms with Crippen LogP contribution in [0, 0.1) is 11.6 Å². The number of aromatic nitrogens is 2. The SMILES string of the molecule is COc1ccc(CN2Cc3nc(-c4c(F)cccc4F)cc(Nc4ccc(N(C)C(C)(C)C)cn4)c3C2=O)c(OC)c1. The van der Waals surface area contributed by atoms with Crippen molar-refractivity contribution in [3.05, 3.63) is 89.2 Å². The minimum Gasteiger partial charge on any atom is -0.497 e. The molecule has 1 amide bonds. The van der Waals surface area contributed by atoms with E-state index >= 15 is 0 Å². The summed E-state index contributed by atoms with van der Waals surface area (Å²) in [5.74, 6) is -0.0953. The lowest BCUT2D eigenvalue weighted by molar-refractivity contribution is 0.0766. The first-order valence-electron chi connectivity index (χ1n) is 13.5. The molecule has 0 saturated heterocycles. The van der Waals surface area contributed by atoms with Crippen molar-refractivity contribution < 1.29 is 23.0 Å². The zero-order valence-electron chi connectivity index (χ0n) is 24.5. The number of hydrogen-bond acceptors (Lipinski definition) is 7. The molecule has 0 saturated carbocycles. The summed E-state index contributed by atoms with van der Waals surface area (Å²) in [7, 11) is 5.10. The average molecular weight is 574 g/mol. The summed E-state index contributed by atoms with van der Waals surface area (Å²) in [4.78, 5) is 26.6. The quantitative estimate of drug-likeness (QED) is 0.255. The zero-order chi connectivity index (χ0) is 30.2. The maximum absolute atomic E-state index is 14.8. The predicted molar refractivity (Wildman–Crippen MR) is 158 cm³/mol. The van der Waals surface area contributed by atoms with Crippen LogP contribution in [0.15, 0.2) is 60.8 Å². The molecule has 1 aliphatic rings. The predicted octanol–water partition coefficient (Wildman–Crippen LogP) is 6.57. The Morgan fingerprint density at radius 2 is 1.74 bits per heavy atom. The highest BCUT2D eigenvalue weighted by Gasteiger charge is 2.33. The number of halogens is 2. The third kappa shape index (κ3) is 5.57. The van der Waals surface area contributed by atoms with Crippen molar-refractivity contribution in [1.29, 1.82) is 0 Å². The zero-order valence-corrected chi connectivity index (χ0v) is 24.5. The number of hydrogen-bond donors (Lipinski definition) is 1. The summed E-state index contributed by atoms with van der Waals surface area (Å²) in [5, 5.41) is 3.21. The van der Waals surface area contributed by atoms with Crippen molar-refractivity contribution in [3.8, 4) is 22.8 Å². The molecule has 1 N–H and O–H groups in total. The van der Waals surface area contributed by atoms with Crippen LogP contribution in [0.3, 0.4) is 0 Å². The number of nitrogens with zero attached hydrogens (tertiary/aromatic N) is 4. The van der Waals surface area contributed by atoms with Gasteiger partial charge in [-0.15, -0.1) is 0 Å². The number of pyridine rings is 2. The number of anilines is 3. The Morgan fingerprint density at radius 1 is 1.00 bits per heavy atom. The van der Waals surface area contributed by atoms with E-state index in [-0.39, 0.29) is 35.8 Å². The molecule has 0 fully saturated rings. The van der Waals surface area contributed by atoms with Crippen molar-refractivity contribution in [2.75, 3.05) is 31.5 Å². The van der Waals surface area contributed by atoms with Crippen LogP contribution >= 0.6 is 0 Å². The number of benzene rings is 2. The Kier molecular flexibility index (Phi) is 7.73. The number of ether oxygens (including phenoxy) is 2. The fraction of sp³-hybridized carbons (Fsp3) is 0.281. The van der Waals surface area contributed by atoms with Gasteiger partial charge in [0.2, 0.25) is 0 Å². The minimum absolute atomic E-state index is 0.0765. The van der Waals surface area contributed by atoms with Crippen LogP contribution in [-0.2, 0) is 13.1 Å². The Morgan fingerprint density at radius 3 is 2.36 bits per heavy atom. The van der Waals surface area contributed by atoms with Crippen LogP contribution in [-0.4, -0.2) is 47.6 Å². The number of methoxy groups -OCH3 is 2. The molecule has 1 aliphatic heterocycles. The van der Waals surface area contributed by atoms with E-state index in [1.54, 1.807) is 43.5 Å². The number of fused-ring (bicyclic) bond motifs is 1. The summed E-state index contributed by atoms with van der Waals surface area (Å²) in [6.07, 6.45) is 1.73. The molecule has 218 valence electrons. The second kappa shape index (κ2) is 11.3. The number of carbonyl (C=O) groups excluding carboxylic acids is 1. The van der Waals surface area contributed by atoms with Gasteiger partial charge < -0.3 is 24.6 Å². The van der Waals surface area contributed by atoms with Crippen LogP contribution in [0.1, 0.15) is 42.4 Å². The van der Waals surface area contributed by atoms with Crippen LogP contribution in [0.5, 0.6) is 11.5 Å². The van der Waals surface area contributed by atoms with Crippen molar-refractivity contribution in [1.82, 2.24) is 14.9 Å². The Balaban J connectivity index is 1.53. The van der Waals surface area contributed by atoms with Gasteiger partial charge in [-0.3, -0.25) is 4.79 Å². The maximum atomic E-state index is 14.8. The van der Waals surface area contributed by atoms with E-state index in [0.717, 1.165) is 11.3 Å². The molecule has 0 radical (unpaired) electrons. The van der Waals surface area contributed by atoms with Crippen molar-refractivity contribution >= 4 is 23.1 Å². The van der Waals surface area contributed by atoms with E-state index in [2.05, 4.69) is 41.0 Å². The van der Waals surface area contributed by atoms with Crippen molar-refractivity contribution in [2.24, 2.45) is 0 Å². The largest absolute Gasteiger partial charge is 0.497 e. The number of amides is 1. The van der Waals surface area contributed by atoms with E-state index in [9.17, 15) is 13.6 Å². The van der Waals surface area contributed by atoms with Crippen molar-refractivity contribution in [2.45, 2.75) is 39.4 Å². The fourth-order valence-electron chi connectivity index (χ4n) is 4.83. The van der Waals surface area contributed by atoms with Gasteiger partial charge in [0.05, 0.1) is 67.4 Å². The maximum Gasteiger partial charge on any atom is 0.258 e. The lowest BCUT2D eigenvalue weighted by Crippen LogP contribution is -2.38. The summed E-state index contributed by atoms with van der Waals surface area (Å²) < 4.78 is 40.5. The van der Waals surface area contributed by atoms with Gasteiger partial charge >= 0.3 is 0 Å². The highest BCUT2D eigenvalue weighted by molar-refractivity contribution is 6.04. The molecule has 2 aromatic heterocycles. The van der Waals surface area contributed by atoms with Gasteiger partial charge in [-0.25, -0.2) is 18.7 Å². The molecule has 0 atom stereocenters. The number of carbonyl (C=O) groups is 1. The fourth-order valence-corrected chi connectivity index (χ4v) is 4.83. The highest BCUT2D eigenvalue weighted by atomic mass is 19.1. The standard InChI is InChI=1S/C32H33F2N5O3/c1-32(2,3)38(4)20-11-13-28(35-16-20)37-25-15-24(29-22(33)8-7-9-23(29)34)36-26-18-39(31(40)30(25)26)17-19-10-12-21(41-5)14-27(19)42-6/h7-16H,17-18H2,1-6H3,(H,35,36,37). The molecule has 3 heterocycles. The molecular formula is C32H33F2N5O3. The first-order chi connectivity index (χ1) is 20.0. The van der Waals surface area contributed by atoms with Gasteiger partial charge in [-0.1, -0.05) is 6.07 Å². The van der Waals surface area contributed by atoms with E-state index in [1.165, 1.54) is 24.3 Å². The smallest absolute Gasteiger partial charge is 0.258 e. The van der Waals surface area contributed by atoms with Gasteiger partial charge in [0, 0.05) is 24.2 Å². The van der Waals surface area contributed by atoms with E-state index in [0.29, 0.717) is 34.3 Å². The highest BCUT2D eigenvalue weighted by Crippen LogP contribution is 2.37. The molecular weight excluding hydrogens is 540 g/mol. The lowest BCUT2D eigenvalue weighted by Gasteiger charge is -2.33. The monoisotopic (exact) mass is 573 g/mol. The van der Waals surface area contributed by atoms with Gasteiger partial charge in [0.15, 0.2) is 0 Å². The molecule has 0 spiro atoms.